The third-order valence-corrected chi connectivity index (χ3v) is 6.93. The van der Waals surface area contributed by atoms with Crippen molar-refractivity contribution in [3.8, 4) is 0 Å². The SMILES string of the molecule is O=C1CCC(N2Cc3ccc(CN4CC=C(c5ccoc5)CC4)cc3C2S)C(=O)N1. The largest absolute Gasteiger partial charge is 0.472 e. The number of fused-ring (bicyclic) bond motifs is 1. The average Bonchev–Trinajstić information content (AvgIpc) is 3.38. The van der Waals surface area contributed by atoms with Crippen LogP contribution >= 0.6 is 12.6 Å². The quantitative estimate of drug-likeness (QED) is 0.584. The van der Waals surface area contributed by atoms with Gasteiger partial charge in [0.25, 0.3) is 0 Å². The van der Waals surface area contributed by atoms with Gasteiger partial charge >= 0.3 is 0 Å². The lowest BCUT2D eigenvalue weighted by Crippen LogP contribution is -2.51. The molecule has 3 aliphatic heterocycles. The first-order valence-electron chi connectivity index (χ1n) is 10.4. The number of hydrogen-bond acceptors (Lipinski definition) is 6. The third kappa shape index (κ3) is 3.73. The number of nitrogens with zero attached hydrogens (tertiary/aromatic N) is 2. The molecule has 1 fully saturated rings. The molecule has 2 amide bonds. The lowest BCUT2D eigenvalue weighted by atomic mass is 10.0. The van der Waals surface area contributed by atoms with Gasteiger partial charge in [0.15, 0.2) is 0 Å². The molecule has 7 heteroatoms. The number of thiol groups is 1. The number of amides is 2. The summed E-state index contributed by atoms with van der Waals surface area (Å²) < 4.78 is 5.20. The Morgan fingerprint density at radius 1 is 1.20 bits per heavy atom. The number of furan rings is 1. The molecule has 2 aromatic rings. The maximum atomic E-state index is 12.3. The summed E-state index contributed by atoms with van der Waals surface area (Å²) in [4.78, 5) is 28.3. The fraction of sp³-hybridized carbons (Fsp3) is 0.391. The maximum absolute atomic E-state index is 12.3. The normalized spacial score (nSPS) is 25.2. The molecule has 2 atom stereocenters. The van der Waals surface area contributed by atoms with Crippen molar-refractivity contribution in [1.82, 2.24) is 15.1 Å². The maximum Gasteiger partial charge on any atom is 0.243 e. The van der Waals surface area contributed by atoms with Gasteiger partial charge in [-0.15, -0.1) is 0 Å². The van der Waals surface area contributed by atoms with Crippen molar-refractivity contribution < 1.29 is 14.0 Å². The minimum atomic E-state index is -0.297. The van der Waals surface area contributed by atoms with E-state index in [1.54, 1.807) is 6.26 Å². The van der Waals surface area contributed by atoms with Gasteiger partial charge in [0.2, 0.25) is 11.8 Å². The van der Waals surface area contributed by atoms with E-state index in [1.807, 2.05) is 12.3 Å². The highest BCUT2D eigenvalue weighted by Crippen LogP contribution is 2.39. The van der Waals surface area contributed by atoms with Crippen molar-refractivity contribution in [3.05, 3.63) is 65.1 Å². The van der Waals surface area contributed by atoms with Crippen LogP contribution in [0.4, 0.5) is 0 Å². The predicted molar refractivity (Wildman–Crippen MR) is 116 cm³/mol. The Kier molecular flexibility index (Phi) is 5.26. The summed E-state index contributed by atoms with van der Waals surface area (Å²) in [6.07, 6.45) is 7.78. The number of benzene rings is 1. The molecule has 1 aromatic carbocycles. The molecule has 6 nitrogen and oxygen atoms in total. The lowest BCUT2D eigenvalue weighted by Gasteiger charge is -2.32. The first-order chi connectivity index (χ1) is 14.6. The number of nitrogens with one attached hydrogen (secondary N) is 1. The topological polar surface area (TPSA) is 65.8 Å². The molecule has 1 N–H and O–H groups in total. The van der Waals surface area contributed by atoms with E-state index in [9.17, 15) is 9.59 Å². The highest BCUT2D eigenvalue weighted by molar-refractivity contribution is 7.80. The van der Waals surface area contributed by atoms with E-state index in [0.717, 1.165) is 26.1 Å². The van der Waals surface area contributed by atoms with E-state index in [2.05, 4.69) is 39.4 Å². The van der Waals surface area contributed by atoms with Crippen molar-refractivity contribution in [3.63, 3.8) is 0 Å². The van der Waals surface area contributed by atoms with Crippen molar-refractivity contribution in [2.75, 3.05) is 13.1 Å². The Labute approximate surface area is 181 Å². The van der Waals surface area contributed by atoms with Crippen LogP contribution in [0, 0.1) is 0 Å². The Hall–Kier alpha value is -2.35. The minimum Gasteiger partial charge on any atom is -0.472 e. The van der Waals surface area contributed by atoms with Gasteiger partial charge in [-0.3, -0.25) is 24.7 Å². The zero-order valence-corrected chi connectivity index (χ0v) is 17.6. The second kappa shape index (κ2) is 8.06. The van der Waals surface area contributed by atoms with Crippen LogP contribution in [-0.2, 0) is 22.7 Å². The molecule has 1 aromatic heterocycles. The van der Waals surface area contributed by atoms with E-state index in [0.29, 0.717) is 19.4 Å². The molecular formula is C23H25N3O3S. The van der Waals surface area contributed by atoms with E-state index in [1.165, 1.54) is 27.8 Å². The van der Waals surface area contributed by atoms with Crippen LogP contribution in [-0.4, -0.2) is 40.7 Å². The molecule has 30 heavy (non-hydrogen) atoms. The lowest BCUT2D eigenvalue weighted by molar-refractivity contribution is -0.137. The van der Waals surface area contributed by atoms with Gasteiger partial charge in [-0.25, -0.2) is 0 Å². The van der Waals surface area contributed by atoms with E-state index < -0.39 is 0 Å². The van der Waals surface area contributed by atoms with Crippen molar-refractivity contribution >= 4 is 30.0 Å². The first kappa shape index (κ1) is 19.6. The minimum absolute atomic E-state index is 0.127. The number of imide groups is 1. The fourth-order valence-corrected chi connectivity index (χ4v) is 5.17. The summed E-state index contributed by atoms with van der Waals surface area (Å²) in [5, 5.41) is 2.33. The average molecular weight is 424 g/mol. The molecule has 4 heterocycles. The number of hydrogen-bond donors (Lipinski definition) is 2. The van der Waals surface area contributed by atoms with Crippen molar-refractivity contribution in [2.24, 2.45) is 0 Å². The molecule has 5 rings (SSSR count). The molecule has 0 saturated carbocycles. The van der Waals surface area contributed by atoms with Crippen LogP contribution in [0.5, 0.6) is 0 Å². The molecule has 2 unspecified atom stereocenters. The summed E-state index contributed by atoms with van der Waals surface area (Å²) in [6, 6.07) is 8.30. The molecule has 0 bridgehead atoms. The number of piperidine rings is 1. The third-order valence-electron chi connectivity index (χ3n) is 6.36. The first-order valence-corrected chi connectivity index (χ1v) is 10.9. The summed E-state index contributed by atoms with van der Waals surface area (Å²) in [5.74, 6) is -0.385. The zero-order valence-electron chi connectivity index (χ0n) is 16.7. The van der Waals surface area contributed by atoms with Gasteiger partial charge < -0.3 is 4.42 Å². The van der Waals surface area contributed by atoms with Gasteiger partial charge in [-0.1, -0.05) is 24.3 Å². The molecule has 0 aliphatic carbocycles. The Bertz CT molecular complexity index is 1000. The summed E-state index contributed by atoms with van der Waals surface area (Å²) in [6.45, 7) is 3.52. The second-order valence-electron chi connectivity index (χ2n) is 8.27. The van der Waals surface area contributed by atoms with E-state index >= 15 is 0 Å². The predicted octanol–water partition coefficient (Wildman–Crippen LogP) is 3.12. The Balaban J connectivity index is 1.26. The van der Waals surface area contributed by atoms with Gasteiger partial charge in [-0.05, 0) is 41.2 Å². The number of carbonyl (C=O) groups excluding carboxylic acids is 2. The zero-order chi connectivity index (χ0) is 20.7. The fourth-order valence-electron chi connectivity index (χ4n) is 4.69. The number of rotatable bonds is 4. The molecule has 0 radical (unpaired) electrons. The van der Waals surface area contributed by atoms with Crippen LogP contribution in [0.15, 0.2) is 47.3 Å². The smallest absolute Gasteiger partial charge is 0.243 e. The second-order valence-corrected chi connectivity index (χ2v) is 8.76. The van der Waals surface area contributed by atoms with Crippen LogP contribution in [0.2, 0.25) is 0 Å². The summed E-state index contributed by atoms with van der Waals surface area (Å²) >= 11 is 4.83. The monoisotopic (exact) mass is 423 g/mol. The van der Waals surface area contributed by atoms with Crippen LogP contribution in [0.1, 0.15) is 46.9 Å². The van der Waals surface area contributed by atoms with E-state index in [4.69, 9.17) is 17.0 Å². The number of carbonyl (C=O) groups is 2. The molecule has 3 aliphatic rings. The molecular weight excluding hydrogens is 398 g/mol. The molecule has 1 saturated heterocycles. The van der Waals surface area contributed by atoms with Crippen LogP contribution in [0.3, 0.4) is 0 Å². The summed E-state index contributed by atoms with van der Waals surface area (Å²) in [7, 11) is 0. The van der Waals surface area contributed by atoms with Crippen LogP contribution < -0.4 is 5.32 Å². The van der Waals surface area contributed by atoms with Gasteiger partial charge in [-0.2, -0.15) is 12.6 Å². The highest BCUT2D eigenvalue weighted by atomic mass is 32.1. The van der Waals surface area contributed by atoms with Gasteiger partial charge in [0.05, 0.1) is 23.9 Å². The highest BCUT2D eigenvalue weighted by Gasteiger charge is 2.39. The van der Waals surface area contributed by atoms with Crippen molar-refractivity contribution in [1.29, 1.82) is 0 Å². The standard InChI is InChI=1S/C23H25N3O3S/c27-21-4-3-20(22(28)24-21)26-13-17-2-1-15(11-19(17)23(26)30)12-25-8-5-16(6-9-25)18-7-10-29-14-18/h1-2,5,7,10-11,14,20,23,30H,3-4,6,8-9,12-13H2,(H,24,27,28). The summed E-state index contributed by atoms with van der Waals surface area (Å²) in [5.41, 5.74) is 6.18. The van der Waals surface area contributed by atoms with Gasteiger partial charge in [0, 0.05) is 38.2 Å². The van der Waals surface area contributed by atoms with Crippen molar-refractivity contribution in [2.45, 2.75) is 43.8 Å². The Morgan fingerprint density at radius 3 is 2.83 bits per heavy atom. The van der Waals surface area contributed by atoms with Gasteiger partial charge in [0.1, 0.15) is 0 Å². The van der Waals surface area contributed by atoms with E-state index in [-0.39, 0.29) is 23.2 Å². The Morgan fingerprint density at radius 2 is 2.10 bits per heavy atom. The molecule has 0 spiro atoms. The van der Waals surface area contributed by atoms with Crippen LogP contribution in [0.25, 0.3) is 5.57 Å². The molecule has 156 valence electrons.